The Labute approximate surface area is 92.4 Å². The van der Waals surface area contributed by atoms with E-state index in [0.717, 1.165) is 12.4 Å². The van der Waals surface area contributed by atoms with Gasteiger partial charge in [0.15, 0.2) is 5.82 Å². The molecule has 0 aliphatic carbocycles. The van der Waals surface area contributed by atoms with Gasteiger partial charge in [-0.15, -0.1) is 16.7 Å². The van der Waals surface area contributed by atoms with Crippen LogP contribution in [-0.4, -0.2) is 30.7 Å². The van der Waals surface area contributed by atoms with E-state index in [1.807, 2.05) is 16.4 Å². The molecule has 0 amide bonds. The Morgan fingerprint density at radius 1 is 1.64 bits per heavy atom. The van der Waals surface area contributed by atoms with Crippen LogP contribution in [-0.2, 0) is 12.4 Å². The van der Waals surface area contributed by atoms with E-state index < -0.39 is 0 Å². The maximum absolute atomic E-state index is 5.73. The Morgan fingerprint density at radius 3 is 3.14 bits per heavy atom. The summed E-state index contributed by atoms with van der Waals surface area (Å²) in [5.41, 5.74) is 0. The van der Waals surface area contributed by atoms with Gasteiger partial charge in [-0.3, -0.25) is 0 Å². The van der Waals surface area contributed by atoms with Crippen LogP contribution in [0, 0.1) is 0 Å². The molecule has 0 bridgehead atoms. The van der Waals surface area contributed by atoms with Crippen LogP contribution in [0.25, 0.3) is 0 Å². The number of thioether (sulfide) groups is 1. The standard InChI is InChI=1S/C8H13ClN4S/c1-8(3-2-4-14-8)6-13-7(5-9)10-11-12-13/h2-6H2,1H3. The highest BCUT2D eigenvalue weighted by molar-refractivity contribution is 8.00. The number of hydrogen-bond donors (Lipinski definition) is 0. The quantitative estimate of drug-likeness (QED) is 0.745. The summed E-state index contributed by atoms with van der Waals surface area (Å²) >= 11 is 7.74. The average Bonchev–Trinajstić information content (AvgIpc) is 2.75. The number of nitrogens with zero attached hydrogens (tertiary/aromatic N) is 4. The van der Waals surface area contributed by atoms with Crippen molar-refractivity contribution in [1.82, 2.24) is 20.2 Å². The van der Waals surface area contributed by atoms with E-state index in [2.05, 4.69) is 22.4 Å². The van der Waals surface area contributed by atoms with E-state index in [4.69, 9.17) is 11.6 Å². The van der Waals surface area contributed by atoms with Crippen LogP contribution >= 0.6 is 23.4 Å². The monoisotopic (exact) mass is 232 g/mol. The summed E-state index contributed by atoms with van der Waals surface area (Å²) in [6, 6.07) is 0. The van der Waals surface area contributed by atoms with Crippen molar-refractivity contribution < 1.29 is 0 Å². The van der Waals surface area contributed by atoms with Crippen molar-refractivity contribution in [3.8, 4) is 0 Å². The molecule has 1 aromatic heterocycles. The second-order valence-corrected chi connectivity index (χ2v) is 5.74. The predicted octanol–water partition coefficient (Wildman–Crippen LogP) is 1.70. The fourth-order valence-electron chi connectivity index (χ4n) is 1.72. The molecule has 1 aliphatic rings. The summed E-state index contributed by atoms with van der Waals surface area (Å²) in [5, 5.41) is 11.5. The Hall–Kier alpha value is -0.290. The van der Waals surface area contributed by atoms with Crippen LogP contribution < -0.4 is 0 Å². The highest BCUT2D eigenvalue weighted by atomic mass is 35.5. The first-order valence-corrected chi connectivity index (χ1v) is 6.20. The zero-order valence-corrected chi connectivity index (χ0v) is 9.68. The number of rotatable bonds is 3. The number of tetrazole rings is 1. The maximum atomic E-state index is 5.73. The number of halogens is 1. The lowest BCUT2D eigenvalue weighted by Crippen LogP contribution is -2.25. The summed E-state index contributed by atoms with van der Waals surface area (Å²) in [6.45, 7) is 3.14. The van der Waals surface area contributed by atoms with Crippen LogP contribution in [0.1, 0.15) is 25.6 Å². The normalized spacial score (nSPS) is 27.0. The number of aromatic nitrogens is 4. The van der Waals surface area contributed by atoms with Gasteiger partial charge in [0.1, 0.15) is 0 Å². The Kier molecular flexibility index (Phi) is 2.97. The van der Waals surface area contributed by atoms with Crippen LogP contribution in [0.5, 0.6) is 0 Å². The molecule has 0 aromatic carbocycles. The van der Waals surface area contributed by atoms with Crippen molar-refractivity contribution >= 4 is 23.4 Å². The van der Waals surface area contributed by atoms with Crippen molar-refractivity contribution in [2.75, 3.05) is 5.75 Å². The Balaban J connectivity index is 2.09. The molecule has 1 aliphatic heterocycles. The van der Waals surface area contributed by atoms with E-state index in [1.165, 1.54) is 18.6 Å². The fraction of sp³-hybridized carbons (Fsp3) is 0.875. The lowest BCUT2D eigenvalue weighted by Gasteiger charge is -2.22. The SMILES string of the molecule is CC1(Cn2nnnc2CCl)CCCS1. The molecule has 0 spiro atoms. The van der Waals surface area contributed by atoms with Gasteiger partial charge in [-0.2, -0.15) is 11.8 Å². The summed E-state index contributed by atoms with van der Waals surface area (Å²) in [6.07, 6.45) is 2.53. The van der Waals surface area contributed by atoms with Crippen LogP contribution in [0.15, 0.2) is 0 Å². The summed E-state index contributed by atoms with van der Waals surface area (Å²) in [4.78, 5) is 0. The highest BCUT2D eigenvalue weighted by Crippen LogP contribution is 2.38. The summed E-state index contributed by atoms with van der Waals surface area (Å²) in [5.74, 6) is 2.39. The fourth-order valence-corrected chi connectivity index (χ4v) is 3.20. The van der Waals surface area contributed by atoms with E-state index in [0.29, 0.717) is 5.88 Å². The molecular formula is C8H13ClN4S. The van der Waals surface area contributed by atoms with E-state index in [-0.39, 0.29) is 4.75 Å². The number of hydrogen-bond acceptors (Lipinski definition) is 4. The minimum atomic E-state index is 0.288. The first-order valence-electron chi connectivity index (χ1n) is 4.68. The smallest absolute Gasteiger partial charge is 0.166 e. The molecular weight excluding hydrogens is 220 g/mol. The highest BCUT2D eigenvalue weighted by Gasteiger charge is 2.31. The third kappa shape index (κ3) is 2.03. The first-order chi connectivity index (χ1) is 6.73. The van der Waals surface area contributed by atoms with Crippen LogP contribution in [0.4, 0.5) is 0 Å². The molecule has 1 saturated heterocycles. The Bertz CT molecular complexity index is 308. The van der Waals surface area contributed by atoms with Gasteiger partial charge < -0.3 is 0 Å². The second-order valence-electron chi connectivity index (χ2n) is 3.79. The van der Waals surface area contributed by atoms with Crippen LogP contribution in [0.3, 0.4) is 0 Å². The third-order valence-electron chi connectivity index (χ3n) is 2.51. The third-order valence-corrected chi connectivity index (χ3v) is 4.27. The molecule has 1 aromatic rings. The van der Waals surface area contributed by atoms with Gasteiger partial charge in [0.25, 0.3) is 0 Å². The van der Waals surface area contributed by atoms with Gasteiger partial charge in [0.05, 0.1) is 12.4 Å². The van der Waals surface area contributed by atoms with Gasteiger partial charge in [0, 0.05) is 4.75 Å². The Morgan fingerprint density at radius 2 is 2.50 bits per heavy atom. The number of alkyl halides is 1. The lowest BCUT2D eigenvalue weighted by atomic mass is 10.1. The maximum Gasteiger partial charge on any atom is 0.166 e. The molecule has 1 atom stereocenters. The minimum Gasteiger partial charge on any atom is -0.227 e. The first kappa shape index (κ1) is 10.2. The molecule has 1 fully saturated rings. The summed E-state index contributed by atoms with van der Waals surface area (Å²) in [7, 11) is 0. The molecule has 0 radical (unpaired) electrons. The van der Waals surface area contributed by atoms with Gasteiger partial charge in [0.2, 0.25) is 0 Å². The van der Waals surface area contributed by atoms with Crippen molar-refractivity contribution in [2.45, 2.75) is 36.9 Å². The molecule has 0 N–H and O–H groups in total. The minimum absolute atomic E-state index is 0.288. The molecule has 14 heavy (non-hydrogen) atoms. The van der Waals surface area contributed by atoms with Crippen molar-refractivity contribution in [1.29, 1.82) is 0 Å². The predicted molar refractivity (Wildman–Crippen MR) is 57.5 cm³/mol. The van der Waals surface area contributed by atoms with Gasteiger partial charge in [-0.25, -0.2) is 4.68 Å². The zero-order valence-electron chi connectivity index (χ0n) is 8.11. The summed E-state index contributed by atoms with van der Waals surface area (Å²) < 4.78 is 2.11. The molecule has 78 valence electrons. The van der Waals surface area contributed by atoms with E-state index >= 15 is 0 Å². The van der Waals surface area contributed by atoms with Crippen molar-refractivity contribution in [3.05, 3.63) is 5.82 Å². The largest absolute Gasteiger partial charge is 0.227 e. The van der Waals surface area contributed by atoms with Gasteiger partial charge in [-0.1, -0.05) is 0 Å². The van der Waals surface area contributed by atoms with Gasteiger partial charge >= 0.3 is 0 Å². The van der Waals surface area contributed by atoms with Gasteiger partial charge in [-0.05, 0) is 35.9 Å². The molecule has 2 heterocycles. The molecule has 4 nitrogen and oxygen atoms in total. The van der Waals surface area contributed by atoms with Crippen molar-refractivity contribution in [3.63, 3.8) is 0 Å². The zero-order chi connectivity index (χ0) is 10.0. The topological polar surface area (TPSA) is 43.6 Å². The van der Waals surface area contributed by atoms with E-state index in [1.54, 1.807) is 0 Å². The second kappa shape index (κ2) is 4.06. The lowest BCUT2D eigenvalue weighted by molar-refractivity contribution is 0.459. The average molecular weight is 233 g/mol. The molecule has 2 rings (SSSR count). The van der Waals surface area contributed by atoms with Crippen LogP contribution in [0.2, 0.25) is 0 Å². The molecule has 6 heteroatoms. The van der Waals surface area contributed by atoms with Crippen molar-refractivity contribution in [2.24, 2.45) is 0 Å². The molecule has 0 saturated carbocycles. The van der Waals surface area contributed by atoms with E-state index in [9.17, 15) is 0 Å². The molecule has 1 unspecified atom stereocenters.